The van der Waals surface area contributed by atoms with Gasteiger partial charge in [-0.25, -0.2) is 4.39 Å². The number of benzene rings is 2. The van der Waals surface area contributed by atoms with Gasteiger partial charge in [0.05, 0.1) is 13.0 Å². The van der Waals surface area contributed by atoms with E-state index >= 15 is 0 Å². The Bertz CT molecular complexity index is 1340. The molecule has 230 valence electrons. The summed E-state index contributed by atoms with van der Waals surface area (Å²) in [6.07, 6.45) is 7.50. The van der Waals surface area contributed by atoms with Crippen molar-refractivity contribution in [2.24, 2.45) is 11.3 Å². The molecule has 3 amide bonds. The molecular formula is C34H43FN4O4. The number of carbonyl (C=O) groups excluding carboxylic acids is 3. The van der Waals surface area contributed by atoms with Crippen LogP contribution in [0.1, 0.15) is 78.8 Å². The number of nitrogens with zero attached hydrogens (tertiary/aromatic N) is 2. The summed E-state index contributed by atoms with van der Waals surface area (Å²) in [5.74, 6) is 0.0211. The van der Waals surface area contributed by atoms with E-state index in [0.717, 1.165) is 58.4 Å². The van der Waals surface area contributed by atoms with Crippen molar-refractivity contribution >= 4 is 17.7 Å². The van der Waals surface area contributed by atoms with Gasteiger partial charge in [-0.15, -0.1) is 0 Å². The molecule has 4 aliphatic rings. The quantitative estimate of drug-likeness (QED) is 0.447. The SMILES string of the molecule is COc1cccc(C(=O)NC2CC3(CCN(CC4CCN(Cc5ccc(C6CCC(=O)NC6=O)cc5F)CC4)CC3)C2)c1. The molecular weight excluding hydrogens is 547 g/mol. The molecule has 4 fully saturated rings. The second-order valence-electron chi connectivity index (χ2n) is 13.2. The lowest BCUT2D eigenvalue weighted by molar-refractivity contribution is -0.134. The van der Waals surface area contributed by atoms with Crippen LogP contribution in [0.25, 0.3) is 0 Å². The van der Waals surface area contributed by atoms with Crippen LogP contribution in [-0.4, -0.2) is 73.4 Å². The largest absolute Gasteiger partial charge is 0.497 e. The molecule has 1 atom stereocenters. The van der Waals surface area contributed by atoms with E-state index in [4.69, 9.17) is 4.74 Å². The van der Waals surface area contributed by atoms with Gasteiger partial charge in [0.15, 0.2) is 0 Å². The average molecular weight is 591 g/mol. The third-order valence-corrected chi connectivity index (χ3v) is 10.3. The summed E-state index contributed by atoms with van der Waals surface area (Å²) in [6.45, 7) is 5.89. The van der Waals surface area contributed by atoms with Gasteiger partial charge >= 0.3 is 0 Å². The number of carbonyl (C=O) groups is 3. The highest BCUT2D eigenvalue weighted by Gasteiger charge is 2.46. The molecule has 9 heteroatoms. The van der Waals surface area contributed by atoms with Crippen molar-refractivity contribution in [1.82, 2.24) is 20.4 Å². The predicted octanol–water partition coefficient (Wildman–Crippen LogP) is 4.24. The number of likely N-dealkylation sites (tertiary alicyclic amines) is 2. The van der Waals surface area contributed by atoms with Crippen LogP contribution < -0.4 is 15.4 Å². The zero-order valence-electron chi connectivity index (χ0n) is 25.1. The van der Waals surface area contributed by atoms with Crippen LogP contribution in [0.2, 0.25) is 0 Å². The molecule has 3 aliphatic heterocycles. The molecule has 2 aromatic carbocycles. The Kier molecular flexibility index (Phi) is 8.82. The summed E-state index contributed by atoms with van der Waals surface area (Å²) in [7, 11) is 1.61. The highest BCUT2D eigenvalue weighted by Crippen LogP contribution is 2.49. The van der Waals surface area contributed by atoms with Crippen LogP contribution in [0.15, 0.2) is 42.5 Å². The Morgan fingerprint density at radius 1 is 1.02 bits per heavy atom. The molecule has 3 saturated heterocycles. The van der Waals surface area contributed by atoms with Gasteiger partial charge in [0.1, 0.15) is 11.6 Å². The molecule has 43 heavy (non-hydrogen) atoms. The van der Waals surface area contributed by atoms with Crippen molar-refractivity contribution in [1.29, 1.82) is 0 Å². The first-order valence-corrected chi connectivity index (χ1v) is 15.8. The van der Waals surface area contributed by atoms with Gasteiger partial charge in [-0.2, -0.15) is 0 Å². The third-order valence-electron chi connectivity index (χ3n) is 10.3. The molecule has 0 bridgehead atoms. The lowest BCUT2D eigenvalue weighted by Crippen LogP contribution is -2.55. The summed E-state index contributed by atoms with van der Waals surface area (Å²) < 4.78 is 20.2. The van der Waals surface area contributed by atoms with E-state index in [-0.39, 0.29) is 29.6 Å². The van der Waals surface area contributed by atoms with Crippen molar-refractivity contribution in [2.45, 2.75) is 69.9 Å². The second kappa shape index (κ2) is 12.7. The number of nitrogens with one attached hydrogen (secondary N) is 2. The Hall–Kier alpha value is -3.30. The number of piperidine rings is 3. The highest BCUT2D eigenvalue weighted by molar-refractivity contribution is 6.00. The molecule has 6 rings (SSSR count). The summed E-state index contributed by atoms with van der Waals surface area (Å²) >= 11 is 0. The van der Waals surface area contributed by atoms with Crippen LogP contribution in [0, 0.1) is 17.2 Å². The summed E-state index contributed by atoms with van der Waals surface area (Å²) in [6, 6.07) is 12.7. The van der Waals surface area contributed by atoms with Crippen LogP contribution in [0.3, 0.4) is 0 Å². The van der Waals surface area contributed by atoms with Crippen LogP contribution in [0.4, 0.5) is 4.39 Å². The van der Waals surface area contributed by atoms with Crippen molar-refractivity contribution < 1.29 is 23.5 Å². The van der Waals surface area contributed by atoms with Crippen LogP contribution in [0.5, 0.6) is 5.75 Å². The van der Waals surface area contributed by atoms with E-state index in [2.05, 4.69) is 20.4 Å². The Morgan fingerprint density at radius 3 is 2.49 bits per heavy atom. The topological polar surface area (TPSA) is 91.0 Å². The zero-order valence-corrected chi connectivity index (χ0v) is 25.1. The number of amides is 3. The van der Waals surface area contributed by atoms with Crippen LogP contribution in [-0.2, 0) is 16.1 Å². The first-order valence-electron chi connectivity index (χ1n) is 15.8. The number of ether oxygens (including phenoxy) is 1. The standard InChI is InChI=1S/C34H43FN4O4/c1-43-28-4-2-3-25(17-28)32(41)36-27-19-34(20-27)11-15-39(16-12-34)21-23-9-13-38(14-10-23)22-26-6-5-24(18-30(26)35)29-7-8-31(40)37-33(29)42/h2-6,17-18,23,27,29H,7-16,19-22H2,1H3,(H,36,41)(H,37,40,42). The summed E-state index contributed by atoms with van der Waals surface area (Å²) in [5, 5.41) is 5.57. The fraction of sp³-hybridized carbons (Fsp3) is 0.559. The zero-order chi connectivity index (χ0) is 30.0. The first kappa shape index (κ1) is 29.8. The fourth-order valence-electron chi connectivity index (χ4n) is 7.59. The van der Waals surface area contributed by atoms with Gasteiger partial charge in [0.25, 0.3) is 5.91 Å². The minimum absolute atomic E-state index is 0.0190. The number of rotatable bonds is 8. The van der Waals surface area contributed by atoms with E-state index in [1.807, 2.05) is 24.3 Å². The molecule has 1 aliphatic carbocycles. The minimum Gasteiger partial charge on any atom is -0.497 e. The lowest BCUT2D eigenvalue weighted by atomic mass is 9.60. The summed E-state index contributed by atoms with van der Waals surface area (Å²) in [5.41, 5.74) is 2.33. The molecule has 2 aromatic rings. The molecule has 1 unspecified atom stereocenters. The van der Waals surface area contributed by atoms with Crippen molar-refractivity contribution in [2.75, 3.05) is 39.8 Å². The Morgan fingerprint density at radius 2 is 1.79 bits per heavy atom. The molecule has 1 saturated carbocycles. The lowest BCUT2D eigenvalue weighted by Gasteiger charge is -2.52. The number of methoxy groups -OCH3 is 1. The maximum Gasteiger partial charge on any atom is 0.251 e. The van der Waals surface area contributed by atoms with Gasteiger partial charge in [0, 0.05) is 36.7 Å². The van der Waals surface area contributed by atoms with E-state index in [9.17, 15) is 18.8 Å². The van der Waals surface area contributed by atoms with Gasteiger partial charge in [-0.3, -0.25) is 24.6 Å². The number of hydrogen-bond donors (Lipinski definition) is 2. The predicted molar refractivity (Wildman–Crippen MR) is 161 cm³/mol. The molecule has 8 nitrogen and oxygen atoms in total. The van der Waals surface area contributed by atoms with Crippen LogP contribution >= 0.6 is 0 Å². The number of imide groups is 1. The van der Waals surface area contributed by atoms with Crippen molar-refractivity contribution in [3.05, 3.63) is 65.0 Å². The van der Waals surface area contributed by atoms with E-state index in [1.54, 1.807) is 19.2 Å². The van der Waals surface area contributed by atoms with E-state index in [1.165, 1.54) is 18.9 Å². The van der Waals surface area contributed by atoms with E-state index < -0.39 is 5.92 Å². The Balaban J connectivity index is 0.899. The molecule has 0 aromatic heterocycles. The normalized spacial score (nSPS) is 23.5. The third kappa shape index (κ3) is 6.93. The second-order valence-corrected chi connectivity index (χ2v) is 13.2. The first-order chi connectivity index (χ1) is 20.8. The molecule has 2 N–H and O–H groups in total. The van der Waals surface area contributed by atoms with Crippen molar-refractivity contribution in [3.63, 3.8) is 0 Å². The molecule has 3 heterocycles. The minimum atomic E-state index is -0.460. The van der Waals surface area contributed by atoms with Gasteiger partial charge in [-0.1, -0.05) is 18.2 Å². The maximum atomic E-state index is 15.0. The van der Waals surface area contributed by atoms with Gasteiger partial charge in [-0.05, 0) is 112 Å². The van der Waals surface area contributed by atoms with Crippen molar-refractivity contribution in [3.8, 4) is 5.75 Å². The maximum absolute atomic E-state index is 15.0. The fourth-order valence-corrected chi connectivity index (χ4v) is 7.59. The smallest absolute Gasteiger partial charge is 0.251 e. The Labute approximate surface area is 253 Å². The number of hydrogen-bond acceptors (Lipinski definition) is 6. The molecule has 1 spiro atoms. The number of halogens is 1. The average Bonchev–Trinajstić information content (AvgIpc) is 2.99. The van der Waals surface area contributed by atoms with E-state index in [0.29, 0.717) is 53.2 Å². The van der Waals surface area contributed by atoms with Gasteiger partial charge < -0.3 is 15.0 Å². The highest BCUT2D eigenvalue weighted by atomic mass is 19.1. The molecule has 0 radical (unpaired) electrons. The monoisotopic (exact) mass is 590 g/mol. The van der Waals surface area contributed by atoms with Gasteiger partial charge in [0.2, 0.25) is 11.8 Å². The summed E-state index contributed by atoms with van der Waals surface area (Å²) in [4.78, 5) is 41.2.